The predicted octanol–water partition coefficient (Wildman–Crippen LogP) is 6.05. The smallest absolute Gasteiger partial charge is 0.449 e. The number of thioether (sulfide) groups is 1. The minimum Gasteiger partial charge on any atom is -0.456 e. The van der Waals surface area contributed by atoms with Gasteiger partial charge in [-0.1, -0.05) is 23.4 Å². The number of hydrogen-bond acceptors (Lipinski definition) is 4. The Bertz CT molecular complexity index is 1110. The molecule has 0 saturated carbocycles. The standard InChI is InChI=1S/C17H10BrClF3NO3S/c1-7(24)12-15(25)13-10(19)4-3-9(18)14(13)23-16(12)27-6-8-2-5-11(26-8)17(20,21)22/h2-5H,6H2,1H3,(H,23,25). The molecule has 0 aliphatic heterocycles. The molecule has 0 amide bonds. The van der Waals surface area contributed by atoms with E-state index in [1.165, 1.54) is 19.1 Å². The molecule has 1 N–H and O–H groups in total. The maximum absolute atomic E-state index is 12.8. The van der Waals surface area contributed by atoms with Crippen molar-refractivity contribution in [1.29, 1.82) is 0 Å². The fraction of sp³-hybridized carbons (Fsp3) is 0.176. The normalized spacial score (nSPS) is 11.9. The number of alkyl halides is 3. The zero-order valence-corrected chi connectivity index (χ0v) is 16.7. The summed E-state index contributed by atoms with van der Waals surface area (Å²) < 4.78 is 43.2. The number of rotatable bonds is 4. The molecule has 10 heteroatoms. The van der Waals surface area contributed by atoms with E-state index in [-0.39, 0.29) is 32.5 Å². The van der Waals surface area contributed by atoms with Gasteiger partial charge in [0.05, 0.1) is 32.3 Å². The van der Waals surface area contributed by atoms with Crippen molar-refractivity contribution in [1.82, 2.24) is 4.98 Å². The van der Waals surface area contributed by atoms with Crippen molar-refractivity contribution in [2.75, 3.05) is 0 Å². The number of aromatic nitrogens is 1. The summed E-state index contributed by atoms with van der Waals surface area (Å²) >= 11 is 10.4. The third-order valence-corrected chi connectivity index (χ3v) is 5.67. The molecule has 27 heavy (non-hydrogen) atoms. The number of aromatic amines is 1. The lowest BCUT2D eigenvalue weighted by Crippen LogP contribution is -2.17. The second-order valence-corrected chi connectivity index (χ2v) is 7.79. The van der Waals surface area contributed by atoms with Gasteiger partial charge in [0.2, 0.25) is 11.2 Å². The van der Waals surface area contributed by atoms with Gasteiger partial charge in [0.15, 0.2) is 5.78 Å². The molecule has 0 spiro atoms. The zero-order valence-electron chi connectivity index (χ0n) is 13.5. The number of hydrogen-bond donors (Lipinski definition) is 1. The lowest BCUT2D eigenvalue weighted by molar-refractivity contribution is -0.153. The number of benzene rings is 1. The number of Topliss-reactive ketones (excluding diaryl/α,β-unsaturated/α-hetero) is 1. The first kappa shape index (κ1) is 20.0. The molecule has 142 valence electrons. The van der Waals surface area contributed by atoms with Gasteiger partial charge < -0.3 is 9.40 Å². The molecule has 3 aromatic rings. The number of H-pyrrole nitrogens is 1. The van der Waals surface area contributed by atoms with Gasteiger partial charge in [-0.15, -0.1) is 0 Å². The first-order valence-electron chi connectivity index (χ1n) is 7.43. The summed E-state index contributed by atoms with van der Waals surface area (Å²) in [5, 5.41) is 0.584. The molecule has 4 nitrogen and oxygen atoms in total. The molecule has 0 radical (unpaired) electrons. The van der Waals surface area contributed by atoms with E-state index in [4.69, 9.17) is 16.0 Å². The summed E-state index contributed by atoms with van der Waals surface area (Å²) in [7, 11) is 0. The largest absolute Gasteiger partial charge is 0.456 e. The van der Waals surface area contributed by atoms with Crippen LogP contribution in [-0.2, 0) is 11.9 Å². The minimum atomic E-state index is -4.58. The van der Waals surface area contributed by atoms with Gasteiger partial charge >= 0.3 is 6.18 Å². The summed E-state index contributed by atoms with van der Waals surface area (Å²) in [5.41, 5.74) is -0.244. The van der Waals surface area contributed by atoms with Crippen molar-refractivity contribution >= 4 is 56.0 Å². The third-order valence-electron chi connectivity index (χ3n) is 3.68. The number of carbonyl (C=O) groups excluding carboxylic acids is 1. The van der Waals surface area contributed by atoms with Crippen LogP contribution in [0.2, 0.25) is 5.02 Å². The Morgan fingerprint density at radius 2 is 2.00 bits per heavy atom. The van der Waals surface area contributed by atoms with Crippen LogP contribution in [0.25, 0.3) is 10.9 Å². The highest BCUT2D eigenvalue weighted by Gasteiger charge is 2.34. The summed E-state index contributed by atoms with van der Waals surface area (Å²) in [6.45, 7) is 1.24. The molecule has 0 aliphatic rings. The fourth-order valence-electron chi connectivity index (χ4n) is 2.48. The highest BCUT2D eigenvalue weighted by Crippen LogP contribution is 2.34. The Hall–Kier alpha value is -1.71. The molecular weight excluding hydrogens is 471 g/mol. The van der Waals surface area contributed by atoms with Gasteiger partial charge in [0.1, 0.15) is 5.76 Å². The predicted molar refractivity (Wildman–Crippen MR) is 101 cm³/mol. The topological polar surface area (TPSA) is 63.1 Å². The van der Waals surface area contributed by atoms with Crippen molar-refractivity contribution < 1.29 is 22.4 Å². The van der Waals surface area contributed by atoms with Crippen LogP contribution in [0.1, 0.15) is 28.8 Å². The number of fused-ring (bicyclic) bond motifs is 1. The molecule has 0 unspecified atom stereocenters. The number of halogens is 5. The lowest BCUT2D eigenvalue weighted by Gasteiger charge is -2.10. The Labute approximate surface area is 168 Å². The van der Waals surface area contributed by atoms with Crippen LogP contribution >= 0.6 is 39.3 Å². The molecule has 1 aromatic carbocycles. The van der Waals surface area contributed by atoms with Crippen LogP contribution in [0.3, 0.4) is 0 Å². The Balaban J connectivity index is 2.04. The van der Waals surface area contributed by atoms with E-state index in [0.717, 1.165) is 17.8 Å². The lowest BCUT2D eigenvalue weighted by atomic mass is 10.1. The van der Waals surface area contributed by atoms with Gasteiger partial charge in [0.25, 0.3) is 0 Å². The average molecular weight is 481 g/mol. The fourth-order valence-corrected chi connectivity index (χ4v) is 4.15. The van der Waals surface area contributed by atoms with Crippen molar-refractivity contribution in [3.63, 3.8) is 0 Å². The molecule has 2 heterocycles. The second-order valence-electron chi connectivity index (χ2n) is 5.55. The van der Waals surface area contributed by atoms with Crippen LogP contribution in [0.15, 0.2) is 43.0 Å². The molecule has 0 fully saturated rings. The average Bonchev–Trinajstić information content (AvgIpc) is 3.05. The van der Waals surface area contributed by atoms with E-state index < -0.39 is 23.1 Å². The van der Waals surface area contributed by atoms with Crippen LogP contribution < -0.4 is 5.43 Å². The number of pyridine rings is 1. The van der Waals surface area contributed by atoms with Crippen LogP contribution in [0.4, 0.5) is 13.2 Å². The van der Waals surface area contributed by atoms with E-state index >= 15 is 0 Å². The number of furan rings is 1. The van der Waals surface area contributed by atoms with E-state index in [1.807, 2.05) is 0 Å². The van der Waals surface area contributed by atoms with Gasteiger partial charge in [-0.3, -0.25) is 9.59 Å². The zero-order chi connectivity index (χ0) is 19.9. The Morgan fingerprint density at radius 3 is 2.59 bits per heavy atom. The number of carbonyl (C=O) groups is 1. The summed E-state index contributed by atoms with van der Waals surface area (Å²) in [5.74, 6) is -1.53. The number of nitrogens with one attached hydrogen (secondary N) is 1. The monoisotopic (exact) mass is 479 g/mol. The maximum Gasteiger partial charge on any atom is 0.449 e. The quantitative estimate of drug-likeness (QED) is 0.365. The molecule has 3 rings (SSSR count). The molecule has 0 atom stereocenters. The van der Waals surface area contributed by atoms with Crippen LogP contribution in [-0.4, -0.2) is 10.8 Å². The highest BCUT2D eigenvalue weighted by atomic mass is 79.9. The van der Waals surface area contributed by atoms with Crippen molar-refractivity contribution in [2.24, 2.45) is 0 Å². The molecule has 0 saturated heterocycles. The van der Waals surface area contributed by atoms with Gasteiger partial charge in [0, 0.05) is 4.47 Å². The van der Waals surface area contributed by atoms with Crippen molar-refractivity contribution in [3.05, 3.63) is 61.1 Å². The Kier molecular flexibility index (Phi) is 5.47. The Morgan fingerprint density at radius 1 is 1.30 bits per heavy atom. The van der Waals surface area contributed by atoms with Crippen molar-refractivity contribution in [2.45, 2.75) is 23.9 Å². The van der Waals surface area contributed by atoms with E-state index in [1.54, 1.807) is 6.07 Å². The molecule has 2 aromatic heterocycles. The third kappa shape index (κ3) is 3.95. The molecule has 0 bridgehead atoms. The van der Waals surface area contributed by atoms with Gasteiger partial charge in [-0.2, -0.15) is 13.2 Å². The summed E-state index contributed by atoms with van der Waals surface area (Å²) in [4.78, 5) is 27.8. The first-order valence-corrected chi connectivity index (χ1v) is 9.59. The van der Waals surface area contributed by atoms with Crippen LogP contribution in [0.5, 0.6) is 0 Å². The summed E-state index contributed by atoms with van der Waals surface area (Å²) in [6, 6.07) is 5.21. The highest BCUT2D eigenvalue weighted by molar-refractivity contribution is 9.10. The van der Waals surface area contributed by atoms with Gasteiger partial charge in [-0.25, -0.2) is 0 Å². The summed E-state index contributed by atoms with van der Waals surface area (Å²) in [6.07, 6.45) is -4.58. The SMILES string of the molecule is CC(=O)c1c(SCc2ccc(C(F)(F)F)o2)[nH]c2c(Br)ccc(Cl)c2c1=O. The minimum absolute atomic E-state index is 0.00398. The first-order chi connectivity index (χ1) is 12.6. The second kappa shape index (κ2) is 7.37. The number of ketones is 1. The molecule has 0 aliphatic carbocycles. The molecular formula is C17H10BrClF3NO3S. The van der Waals surface area contributed by atoms with Crippen molar-refractivity contribution in [3.8, 4) is 0 Å². The maximum atomic E-state index is 12.8. The van der Waals surface area contributed by atoms with E-state index in [2.05, 4.69) is 20.9 Å². The van der Waals surface area contributed by atoms with Crippen LogP contribution in [0, 0.1) is 0 Å². The van der Waals surface area contributed by atoms with E-state index in [0.29, 0.717) is 9.99 Å². The van der Waals surface area contributed by atoms with Gasteiger partial charge in [-0.05, 0) is 47.1 Å². The van der Waals surface area contributed by atoms with E-state index in [9.17, 15) is 22.8 Å².